The first-order valence-corrected chi connectivity index (χ1v) is 8.88. The highest BCUT2D eigenvalue weighted by Crippen LogP contribution is 2.23. The van der Waals surface area contributed by atoms with Crippen LogP contribution in [0.15, 0.2) is 42.5 Å². The number of anilines is 2. The van der Waals surface area contributed by atoms with E-state index in [9.17, 15) is 4.79 Å². The van der Waals surface area contributed by atoms with Gasteiger partial charge in [0.25, 0.3) is 0 Å². The molecular weight excluding hydrogens is 312 g/mol. The molecule has 0 spiro atoms. The van der Waals surface area contributed by atoms with Crippen molar-refractivity contribution >= 4 is 17.3 Å². The smallest absolute Gasteiger partial charge is 0.227 e. The van der Waals surface area contributed by atoms with Gasteiger partial charge in [-0.05, 0) is 69.2 Å². The van der Waals surface area contributed by atoms with Gasteiger partial charge < -0.3 is 15.0 Å². The van der Waals surface area contributed by atoms with Crippen LogP contribution in [0.1, 0.15) is 31.4 Å². The maximum absolute atomic E-state index is 12.2. The third-order valence-corrected chi connectivity index (χ3v) is 4.20. The highest BCUT2D eigenvalue weighted by atomic mass is 16.5. The Bertz CT molecular complexity index is 709. The van der Waals surface area contributed by atoms with Gasteiger partial charge in [0.15, 0.2) is 0 Å². The Morgan fingerprint density at radius 2 is 1.84 bits per heavy atom. The van der Waals surface area contributed by atoms with E-state index in [0.717, 1.165) is 35.7 Å². The first-order chi connectivity index (χ1) is 12.0. The van der Waals surface area contributed by atoms with Crippen LogP contribution in [0.25, 0.3) is 0 Å². The molecule has 1 N–H and O–H groups in total. The monoisotopic (exact) mass is 340 g/mol. The van der Waals surface area contributed by atoms with E-state index in [1.165, 1.54) is 5.69 Å². The molecule has 0 atom stereocenters. The Kier molecular flexibility index (Phi) is 6.87. The molecule has 0 unspecified atom stereocenters. The van der Waals surface area contributed by atoms with Gasteiger partial charge in [-0.2, -0.15) is 0 Å². The summed E-state index contributed by atoms with van der Waals surface area (Å²) in [5.41, 5.74) is 4.25. The molecule has 0 aliphatic rings. The number of amides is 1. The second kappa shape index (κ2) is 9.11. The molecule has 0 heterocycles. The maximum atomic E-state index is 12.2. The normalized spacial score (nSPS) is 10.4. The molecule has 0 aromatic heterocycles. The summed E-state index contributed by atoms with van der Waals surface area (Å²) >= 11 is 0. The predicted octanol–water partition coefficient (Wildman–Crippen LogP) is 4.56. The fourth-order valence-corrected chi connectivity index (χ4v) is 2.75. The molecule has 4 heteroatoms. The quantitative estimate of drug-likeness (QED) is 0.766. The van der Waals surface area contributed by atoms with Crippen molar-refractivity contribution in [1.29, 1.82) is 0 Å². The minimum Gasteiger partial charge on any atom is -0.493 e. The number of nitrogens with zero attached hydrogens (tertiary/aromatic N) is 1. The van der Waals surface area contributed by atoms with Crippen LogP contribution in [0.4, 0.5) is 11.4 Å². The number of carbonyl (C=O) groups is 1. The minimum absolute atomic E-state index is 0.0358. The summed E-state index contributed by atoms with van der Waals surface area (Å²) in [5, 5.41) is 2.97. The van der Waals surface area contributed by atoms with Crippen molar-refractivity contribution in [2.45, 2.75) is 34.1 Å². The summed E-state index contributed by atoms with van der Waals surface area (Å²) < 4.78 is 5.64. The second-order valence-corrected chi connectivity index (χ2v) is 6.13. The van der Waals surface area contributed by atoms with Gasteiger partial charge in [0.1, 0.15) is 5.75 Å². The topological polar surface area (TPSA) is 41.6 Å². The van der Waals surface area contributed by atoms with E-state index in [1.54, 1.807) is 0 Å². The Balaban J connectivity index is 1.87. The van der Waals surface area contributed by atoms with Gasteiger partial charge in [0, 0.05) is 24.5 Å². The Labute approximate surface area is 150 Å². The molecule has 1 amide bonds. The van der Waals surface area contributed by atoms with Crippen LogP contribution in [-0.2, 0) is 4.79 Å². The lowest BCUT2D eigenvalue weighted by atomic mass is 10.1. The highest BCUT2D eigenvalue weighted by Gasteiger charge is 2.08. The average Bonchev–Trinajstić information content (AvgIpc) is 2.58. The van der Waals surface area contributed by atoms with Gasteiger partial charge in [0.2, 0.25) is 5.91 Å². The van der Waals surface area contributed by atoms with Crippen molar-refractivity contribution in [3.8, 4) is 5.75 Å². The molecule has 4 nitrogen and oxygen atoms in total. The van der Waals surface area contributed by atoms with E-state index in [1.807, 2.05) is 44.2 Å². The van der Waals surface area contributed by atoms with Crippen molar-refractivity contribution in [3.63, 3.8) is 0 Å². The zero-order valence-electron chi connectivity index (χ0n) is 15.6. The van der Waals surface area contributed by atoms with Crippen molar-refractivity contribution in [1.82, 2.24) is 0 Å². The Hall–Kier alpha value is -2.49. The Morgan fingerprint density at radius 3 is 2.48 bits per heavy atom. The number of nitrogens with one attached hydrogen (secondary N) is 1. The van der Waals surface area contributed by atoms with Crippen molar-refractivity contribution in [3.05, 3.63) is 53.6 Å². The molecule has 0 bridgehead atoms. The molecule has 0 aliphatic heterocycles. The van der Waals surface area contributed by atoms with Gasteiger partial charge in [0.05, 0.1) is 13.0 Å². The third kappa shape index (κ3) is 5.52. The van der Waals surface area contributed by atoms with E-state index in [-0.39, 0.29) is 5.91 Å². The van der Waals surface area contributed by atoms with Gasteiger partial charge in [-0.1, -0.05) is 12.1 Å². The molecule has 0 saturated carbocycles. The van der Waals surface area contributed by atoms with Crippen molar-refractivity contribution in [2.24, 2.45) is 0 Å². The molecule has 2 rings (SSSR count). The zero-order valence-corrected chi connectivity index (χ0v) is 15.6. The number of carbonyl (C=O) groups excluding carboxylic acids is 1. The van der Waals surface area contributed by atoms with Crippen LogP contribution in [-0.4, -0.2) is 25.6 Å². The molecule has 0 radical (unpaired) electrons. The summed E-state index contributed by atoms with van der Waals surface area (Å²) in [6.45, 7) is 10.6. The standard InChI is InChI=1S/C21H28N2O2/c1-5-23(6-2)18-10-11-20(17(4)15-18)22-21(24)12-13-25-19-9-7-8-16(3)14-19/h7-11,14-15H,5-6,12-13H2,1-4H3,(H,22,24). The molecule has 0 fully saturated rings. The fourth-order valence-electron chi connectivity index (χ4n) is 2.75. The van der Waals surface area contributed by atoms with E-state index >= 15 is 0 Å². The number of benzene rings is 2. The summed E-state index contributed by atoms with van der Waals surface area (Å²) in [6, 6.07) is 14.0. The van der Waals surface area contributed by atoms with E-state index in [2.05, 4.69) is 36.2 Å². The number of aryl methyl sites for hydroxylation is 2. The Morgan fingerprint density at radius 1 is 1.08 bits per heavy atom. The van der Waals surface area contributed by atoms with Crippen LogP contribution >= 0.6 is 0 Å². The summed E-state index contributed by atoms with van der Waals surface area (Å²) in [4.78, 5) is 14.4. The zero-order chi connectivity index (χ0) is 18.2. The number of hydrogen-bond acceptors (Lipinski definition) is 3. The van der Waals surface area contributed by atoms with Gasteiger partial charge in [-0.3, -0.25) is 4.79 Å². The number of rotatable bonds is 8. The minimum atomic E-state index is -0.0358. The summed E-state index contributed by atoms with van der Waals surface area (Å²) in [6.07, 6.45) is 0.325. The van der Waals surface area contributed by atoms with Crippen LogP contribution in [0.2, 0.25) is 0 Å². The average molecular weight is 340 g/mol. The van der Waals surface area contributed by atoms with E-state index < -0.39 is 0 Å². The van der Waals surface area contributed by atoms with Gasteiger partial charge >= 0.3 is 0 Å². The number of hydrogen-bond donors (Lipinski definition) is 1. The molecule has 2 aromatic rings. The molecule has 0 saturated heterocycles. The molecule has 2 aromatic carbocycles. The summed E-state index contributed by atoms with van der Waals surface area (Å²) in [7, 11) is 0. The van der Waals surface area contributed by atoms with Crippen LogP contribution in [0.5, 0.6) is 5.75 Å². The first-order valence-electron chi connectivity index (χ1n) is 8.88. The largest absolute Gasteiger partial charge is 0.493 e. The lowest BCUT2D eigenvalue weighted by molar-refractivity contribution is -0.116. The summed E-state index contributed by atoms with van der Waals surface area (Å²) in [5.74, 6) is 0.763. The molecule has 25 heavy (non-hydrogen) atoms. The van der Waals surface area contributed by atoms with Gasteiger partial charge in [-0.25, -0.2) is 0 Å². The number of ether oxygens (including phenoxy) is 1. The lowest BCUT2D eigenvalue weighted by Gasteiger charge is -2.22. The van der Waals surface area contributed by atoms with Crippen molar-refractivity contribution < 1.29 is 9.53 Å². The van der Waals surface area contributed by atoms with Gasteiger partial charge in [-0.15, -0.1) is 0 Å². The van der Waals surface area contributed by atoms with E-state index in [4.69, 9.17) is 4.74 Å². The van der Waals surface area contributed by atoms with Crippen molar-refractivity contribution in [2.75, 3.05) is 29.9 Å². The van der Waals surface area contributed by atoms with Crippen LogP contribution in [0.3, 0.4) is 0 Å². The predicted molar refractivity (Wildman–Crippen MR) is 105 cm³/mol. The molecular formula is C21H28N2O2. The lowest BCUT2D eigenvalue weighted by Crippen LogP contribution is -2.22. The molecule has 0 aliphatic carbocycles. The van der Waals surface area contributed by atoms with Crippen LogP contribution < -0.4 is 15.0 Å². The fraction of sp³-hybridized carbons (Fsp3) is 0.381. The molecule has 134 valence electrons. The van der Waals surface area contributed by atoms with Crippen LogP contribution in [0, 0.1) is 13.8 Å². The maximum Gasteiger partial charge on any atom is 0.227 e. The van der Waals surface area contributed by atoms with E-state index in [0.29, 0.717) is 13.0 Å². The SMILES string of the molecule is CCN(CC)c1ccc(NC(=O)CCOc2cccc(C)c2)c(C)c1. The highest BCUT2D eigenvalue weighted by molar-refractivity contribution is 5.91. The first kappa shape index (κ1) is 18.8. The third-order valence-electron chi connectivity index (χ3n) is 4.20. The second-order valence-electron chi connectivity index (χ2n) is 6.13.